The Balaban J connectivity index is 2.43. The number of methoxy groups -OCH3 is 1. The van der Waals surface area contributed by atoms with Crippen molar-refractivity contribution >= 4 is 15.9 Å². The summed E-state index contributed by atoms with van der Waals surface area (Å²) in [6, 6.07) is 9.35. The number of carbonyl (C=O) groups excluding carboxylic acids is 1. The van der Waals surface area contributed by atoms with Crippen molar-refractivity contribution in [1.82, 2.24) is 0 Å². The van der Waals surface area contributed by atoms with Crippen molar-refractivity contribution in [3.05, 3.63) is 53.1 Å². The first-order valence-corrected chi connectivity index (χ1v) is 8.36. The number of Topliss-reactive ketones (excluding diaryl/α,β-unsaturated/α-hetero) is 1. The van der Waals surface area contributed by atoms with Crippen LogP contribution in [0.3, 0.4) is 0 Å². The van der Waals surface area contributed by atoms with Crippen molar-refractivity contribution < 1.29 is 22.1 Å². The molecule has 0 N–H and O–H groups in total. The molecule has 0 aliphatic rings. The van der Waals surface area contributed by atoms with E-state index < -0.39 is 10.1 Å². The average molecular weight is 334 g/mol. The molecule has 6 heteroatoms. The fraction of sp³-hybridized carbons (Fsp3) is 0.235. The molecule has 2 rings (SSSR count). The van der Waals surface area contributed by atoms with Crippen molar-refractivity contribution in [2.24, 2.45) is 0 Å². The summed E-state index contributed by atoms with van der Waals surface area (Å²) in [5.74, 6) is 0.0793. The molecule has 0 radical (unpaired) electrons. The Bertz CT molecular complexity index is 853. The topological polar surface area (TPSA) is 69.7 Å². The number of carbonyl (C=O) groups is 1. The highest BCUT2D eigenvalue weighted by Crippen LogP contribution is 2.31. The van der Waals surface area contributed by atoms with Crippen LogP contribution in [0.1, 0.15) is 28.4 Å². The molecule has 0 unspecified atom stereocenters. The van der Waals surface area contributed by atoms with E-state index in [-0.39, 0.29) is 22.2 Å². The first-order chi connectivity index (χ1) is 10.7. The Labute approximate surface area is 136 Å². The van der Waals surface area contributed by atoms with Crippen LogP contribution in [0.15, 0.2) is 41.3 Å². The maximum absolute atomic E-state index is 12.5. The number of hydrogen-bond acceptors (Lipinski definition) is 5. The van der Waals surface area contributed by atoms with Crippen molar-refractivity contribution in [2.75, 3.05) is 7.11 Å². The summed E-state index contributed by atoms with van der Waals surface area (Å²) < 4.78 is 35.3. The van der Waals surface area contributed by atoms with Gasteiger partial charge in [0.25, 0.3) is 0 Å². The van der Waals surface area contributed by atoms with Crippen LogP contribution in [0, 0.1) is 13.8 Å². The van der Waals surface area contributed by atoms with Gasteiger partial charge in [0.15, 0.2) is 17.3 Å². The Morgan fingerprint density at radius 2 is 1.70 bits per heavy atom. The van der Waals surface area contributed by atoms with Crippen LogP contribution in [0.25, 0.3) is 0 Å². The minimum Gasteiger partial charge on any atom is -0.493 e. The second-order valence-electron chi connectivity index (χ2n) is 5.23. The van der Waals surface area contributed by atoms with Gasteiger partial charge in [0.1, 0.15) is 4.90 Å². The maximum atomic E-state index is 12.5. The van der Waals surface area contributed by atoms with Gasteiger partial charge >= 0.3 is 10.1 Å². The standard InChI is InChI=1S/C17H18O5S/c1-11-5-8-17(12(2)9-11)23(19,20)22-15-7-6-14(13(3)18)10-16(15)21-4/h5-10H,1-4H3. The van der Waals surface area contributed by atoms with Crippen LogP contribution >= 0.6 is 0 Å². The highest BCUT2D eigenvalue weighted by Gasteiger charge is 2.21. The predicted molar refractivity (Wildman–Crippen MR) is 86.7 cm³/mol. The summed E-state index contributed by atoms with van der Waals surface area (Å²) in [6.45, 7) is 5.01. The Kier molecular flexibility index (Phi) is 4.75. The van der Waals surface area contributed by atoms with E-state index in [4.69, 9.17) is 8.92 Å². The average Bonchev–Trinajstić information content (AvgIpc) is 2.46. The lowest BCUT2D eigenvalue weighted by Gasteiger charge is -2.13. The molecule has 5 nitrogen and oxygen atoms in total. The van der Waals surface area contributed by atoms with Gasteiger partial charge in [-0.2, -0.15) is 8.42 Å². The Morgan fingerprint density at radius 1 is 1.00 bits per heavy atom. The van der Waals surface area contributed by atoms with Gasteiger partial charge in [-0.25, -0.2) is 0 Å². The van der Waals surface area contributed by atoms with Gasteiger partial charge in [0.05, 0.1) is 7.11 Å². The molecule has 0 fully saturated rings. The maximum Gasteiger partial charge on any atom is 0.339 e. The molecular formula is C17H18O5S. The van der Waals surface area contributed by atoms with Crippen LogP contribution < -0.4 is 8.92 Å². The molecular weight excluding hydrogens is 316 g/mol. The zero-order valence-electron chi connectivity index (χ0n) is 13.4. The zero-order chi connectivity index (χ0) is 17.2. The van der Waals surface area contributed by atoms with Gasteiger partial charge in [0, 0.05) is 5.56 Å². The molecule has 0 atom stereocenters. The molecule has 23 heavy (non-hydrogen) atoms. The lowest BCUT2D eigenvalue weighted by atomic mass is 10.1. The molecule has 0 saturated carbocycles. The fourth-order valence-corrected chi connectivity index (χ4v) is 3.35. The lowest BCUT2D eigenvalue weighted by Crippen LogP contribution is -2.12. The summed E-state index contributed by atoms with van der Waals surface area (Å²) >= 11 is 0. The Hall–Kier alpha value is -2.34. The summed E-state index contributed by atoms with van der Waals surface area (Å²) in [7, 11) is -2.61. The molecule has 2 aromatic rings. The Morgan fingerprint density at radius 3 is 2.26 bits per heavy atom. The number of ether oxygens (including phenoxy) is 1. The van der Waals surface area contributed by atoms with E-state index in [1.165, 1.54) is 38.3 Å². The second-order valence-corrected chi connectivity index (χ2v) is 6.74. The molecule has 0 saturated heterocycles. The van der Waals surface area contributed by atoms with E-state index in [0.717, 1.165) is 5.56 Å². The van der Waals surface area contributed by atoms with Gasteiger partial charge in [0.2, 0.25) is 0 Å². The number of ketones is 1. The normalized spacial score (nSPS) is 11.1. The first-order valence-electron chi connectivity index (χ1n) is 6.95. The quantitative estimate of drug-likeness (QED) is 0.620. The molecule has 122 valence electrons. The molecule has 0 amide bonds. The summed E-state index contributed by atoms with van der Waals surface area (Å²) in [4.78, 5) is 11.5. The molecule has 0 spiro atoms. The third kappa shape index (κ3) is 3.71. The number of aryl methyl sites for hydroxylation is 2. The van der Waals surface area contributed by atoms with Gasteiger partial charge in [-0.15, -0.1) is 0 Å². The highest BCUT2D eigenvalue weighted by molar-refractivity contribution is 7.87. The van der Waals surface area contributed by atoms with E-state index in [1.807, 2.05) is 6.92 Å². The van der Waals surface area contributed by atoms with E-state index >= 15 is 0 Å². The number of benzene rings is 2. The largest absolute Gasteiger partial charge is 0.493 e. The summed E-state index contributed by atoms with van der Waals surface area (Å²) in [6.07, 6.45) is 0. The zero-order valence-corrected chi connectivity index (χ0v) is 14.2. The minimum absolute atomic E-state index is 0.0393. The second kappa shape index (κ2) is 6.42. The number of hydrogen-bond donors (Lipinski definition) is 0. The van der Waals surface area contributed by atoms with Gasteiger partial charge in [-0.1, -0.05) is 17.7 Å². The first kappa shape index (κ1) is 17.0. The third-order valence-electron chi connectivity index (χ3n) is 3.37. The molecule has 2 aromatic carbocycles. The molecule has 0 aliphatic heterocycles. The van der Waals surface area contributed by atoms with Crippen molar-refractivity contribution in [3.63, 3.8) is 0 Å². The van der Waals surface area contributed by atoms with Crippen LogP contribution in [0.5, 0.6) is 11.5 Å². The van der Waals surface area contributed by atoms with Crippen molar-refractivity contribution in [2.45, 2.75) is 25.7 Å². The van der Waals surface area contributed by atoms with E-state index in [2.05, 4.69) is 0 Å². The monoisotopic (exact) mass is 334 g/mol. The van der Waals surface area contributed by atoms with Crippen LogP contribution in [0.4, 0.5) is 0 Å². The lowest BCUT2D eigenvalue weighted by molar-refractivity contribution is 0.101. The molecule has 0 heterocycles. The SMILES string of the molecule is COc1cc(C(C)=O)ccc1OS(=O)(=O)c1ccc(C)cc1C. The smallest absolute Gasteiger partial charge is 0.339 e. The van der Waals surface area contributed by atoms with E-state index in [0.29, 0.717) is 11.1 Å². The molecule has 0 bridgehead atoms. The van der Waals surface area contributed by atoms with Crippen molar-refractivity contribution in [1.29, 1.82) is 0 Å². The molecule has 0 aromatic heterocycles. The molecule has 0 aliphatic carbocycles. The minimum atomic E-state index is -3.99. The van der Waals surface area contributed by atoms with Gasteiger partial charge < -0.3 is 8.92 Å². The summed E-state index contributed by atoms with van der Waals surface area (Å²) in [5, 5.41) is 0. The summed E-state index contributed by atoms with van der Waals surface area (Å²) in [5.41, 5.74) is 1.98. The van der Waals surface area contributed by atoms with Crippen LogP contribution in [-0.2, 0) is 10.1 Å². The van der Waals surface area contributed by atoms with Gasteiger partial charge in [-0.05, 0) is 50.6 Å². The van der Waals surface area contributed by atoms with Crippen LogP contribution in [0.2, 0.25) is 0 Å². The third-order valence-corrected chi connectivity index (χ3v) is 4.77. The highest BCUT2D eigenvalue weighted by atomic mass is 32.2. The van der Waals surface area contributed by atoms with E-state index in [9.17, 15) is 13.2 Å². The van der Waals surface area contributed by atoms with Crippen LogP contribution in [-0.4, -0.2) is 21.3 Å². The predicted octanol–water partition coefficient (Wildman–Crippen LogP) is 3.28. The van der Waals surface area contributed by atoms with E-state index in [1.54, 1.807) is 19.1 Å². The fourth-order valence-electron chi connectivity index (χ4n) is 2.20. The number of rotatable bonds is 5. The van der Waals surface area contributed by atoms with Crippen molar-refractivity contribution in [3.8, 4) is 11.5 Å². The van der Waals surface area contributed by atoms with Gasteiger partial charge in [-0.3, -0.25) is 4.79 Å².